The van der Waals surface area contributed by atoms with Crippen LogP contribution in [0, 0.1) is 0 Å². The van der Waals surface area contributed by atoms with Gasteiger partial charge in [-0.15, -0.1) is 11.3 Å². The maximum absolute atomic E-state index is 5.49. The molecule has 0 saturated heterocycles. The molecule has 1 aromatic heterocycles. The highest BCUT2D eigenvalue weighted by molar-refractivity contribution is 7.19. The Hall–Kier alpha value is -3.05. The van der Waals surface area contributed by atoms with Gasteiger partial charge in [0.2, 0.25) is 0 Å². The van der Waals surface area contributed by atoms with Crippen molar-refractivity contribution in [2.75, 3.05) is 21.3 Å². The molecule has 3 aromatic carbocycles. The first-order valence-corrected chi connectivity index (χ1v) is 9.31. The molecule has 0 aliphatic heterocycles. The molecule has 4 aromatic rings. The molecule has 0 saturated carbocycles. The Morgan fingerprint density at radius 2 is 1.56 bits per heavy atom. The van der Waals surface area contributed by atoms with Crippen molar-refractivity contribution in [2.45, 2.75) is 0 Å². The fraction of sp³-hybridized carbons (Fsp3) is 0.136. The van der Waals surface area contributed by atoms with Crippen LogP contribution in [0.5, 0.6) is 17.2 Å². The summed E-state index contributed by atoms with van der Waals surface area (Å²) in [5.41, 5.74) is 1.94. The van der Waals surface area contributed by atoms with Crippen molar-refractivity contribution in [3.63, 3.8) is 0 Å². The number of fused-ring (bicyclic) bond motifs is 3. The van der Waals surface area contributed by atoms with Gasteiger partial charge in [-0.05, 0) is 29.7 Å². The number of hydrogen-bond acceptors (Lipinski definition) is 5. The van der Waals surface area contributed by atoms with E-state index >= 15 is 0 Å². The SMILES string of the molecule is COc1cc(OC)c(OC)cc1/C=C/c1nc2c(ccc3ccccc32)s1. The average molecular weight is 377 g/mol. The van der Waals surface area contributed by atoms with E-state index in [1.807, 2.05) is 36.4 Å². The number of thiazole rings is 1. The quantitative estimate of drug-likeness (QED) is 0.451. The van der Waals surface area contributed by atoms with Gasteiger partial charge in [0, 0.05) is 17.0 Å². The third-order valence-corrected chi connectivity index (χ3v) is 5.43. The van der Waals surface area contributed by atoms with E-state index in [4.69, 9.17) is 19.2 Å². The second-order valence-electron chi connectivity index (χ2n) is 5.97. The van der Waals surface area contributed by atoms with Crippen LogP contribution in [0.1, 0.15) is 10.6 Å². The van der Waals surface area contributed by atoms with Gasteiger partial charge in [-0.1, -0.05) is 30.3 Å². The summed E-state index contributed by atoms with van der Waals surface area (Å²) in [6.07, 6.45) is 3.99. The molecule has 0 aliphatic carbocycles. The van der Waals surface area contributed by atoms with E-state index in [9.17, 15) is 0 Å². The zero-order valence-corrected chi connectivity index (χ0v) is 16.2. The first-order chi connectivity index (χ1) is 13.2. The molecule has 1 heterocycles. The Balaban J connectivity index is 1.75. The Kier molecular flexibility index (Phi) is 4.69. The predicted octanol–water partition coefficient (Wildman–Crippen LogP) is 5.65. The van der Waals surface area contributed by atoms with Crippen LogP contribution in [0.4, 0.5) is 0 Å². The highest BCUT2D eigenvalue weighted by Crippen LogP contribution is 2.36. The summed E-state index contributed by atoms with van der Waals surface area (Å²) in [5, 5.41) is 3.32. The molecule has 0 N–H and O–H groups in total. The van der Waals surface area contributed by atoms with E-state index in [0.717, 1.165) is 21.8 Å². The molecule has 0 unspecified atom stereocenters. The third kappa shape index (κ3) is 3.22. The summed E-state index contributed by atoms with van der Waals surface area (Å²) < 4.78 is 17.4. The summed E-state index contributed by atoms with van der Waals surface area (Å²) in [4.78, 5) is 4.82. The molecule has 0 radical (unpaired) electrons. The lowest BCUT2D eigenvalue weighted by atomic mass is 10.1. The van der Waals surface area contributed by atoms with E-state index in [1.165, 1.54) is 15.5 Å². The van der Waals surface area contributed by atoms with Crippen LogP contribution < -0.4 is 14.2 Å². The Labute approximate surface area is 161 Å². The van der Waals surface area contributed by atoms with Crippen LogP contribution in [-0.4, -0.2) is 26.3 Å². The number of nitrogens with zero attached hydrogens (tertiary/aromatic N) is 1. The first kappa shape index (κ1) is 17.4. The second kappa shape index (κ2) is 7.29. The molecule has 5 heteroatoms. The van der Waals surface area contributed by atoms with Crippen molar-refractivity contribution in [3.05, 3.63) is 59.1 Å². The number of rotatable bonds is 5. The van der Waals surface area contributed by atoms with Gasteiger partial charge in [0.1, 0.15) is 10.8 Å². The van der Waals surface area contributed by atoms with Crippen LogP contribution in [-0.2, 0) is 0 Å². The van der Waals surface area contributed by atoms with Crippen LogP contribution in [0.25, 0.3) is 33.1 Å². The molecule has 4 rings (SSSR count). The summed E-state index contributed by atoms with van der Waals surface area (Å²) in [5.74, 6) is 2.02. The van der Waals surface area contributed by atoms with Crippen molar-refractivity contribution in [1.82, 2.24) is 4.98 Å². The van der Waals surface area contributed by atoms with Crippen molar-refractivity contribution in [1.29, 1.82) is 0 Å². The lowest BCUT2D eigenvalue weighted by Crippen LogP contribution is -1.94. The minimum Gasteiger partial charge on any atom is -0.496 e. The third-order valence-electron chi connectivity index (χ3n) is 4.44. The summed E-state index contributed by atoms with van der Waals surface area (Å²) in [7, 11) is 4.87. The van der Waals surface area contributed by atoms with E-state index in [-0.39, 0.29) is 0 Å². The van der Waals surface area contributed by atoms with Gasteiger partial charge in [-0.25, -0.2) is 4.98 Å². The Morgan fingerprint density at radius 1 is 0.815 bits per heavy atom. The average Bonchev–Trinajstić information content (AvgIpc) is 3.15. The minimum absolute atomic E-state index is 0.637. The summed E-state index contributed by atoms with van der Waals surface area (Å²) in [6, 6.07) is 16.3. The molecule has 4 nitrogen and oxygen atoms in total. The van der Waals surface area contributed by atoms with Crippen molar-refractivity contribution >= 4 is 44.5 Å². The standard InChI is InChI=1S/C22H19NO3S/c1-24-17-13-19(26-3)18(25-2)12-15(17)9-11-21-23-22-16-7-5-4-6-14(16)8-10-20(22)27-21/h4-13H,1-3H3/b11-9+. The molecule has 0 bridgehead atoms. The van der Waals surface area contributed by atoms with Crippen LogP contribution >= 0.6 is 11.3 Å². The van der Waals surface area contributed by atoms with E-state index < -0.39 is 0 Å². The largest absolute Gasteiger partial charge is 0.496 e. The number of methoxy groups -OCH3 is 3. The van der Waals surface area contributed by atoms with E-state index in [1.54, 1.807) is 32.7 Å². The minimum atomic E-state index is 0.637. The molecule has 0 spiro atoms. The fourth-order valence-corrected chi connectivity index (χ4v) is 3.98. The zero-order valence-electron chi connectivity index (χ0n) is 15.4. The van der Waals surface area contributed by atoms with Gasteiger partial charge >= 0.3 is 0 Å². The number of hydrogen-bond donors (Lipinski definition) is 0. The summed E-state index contributed by atoms with van der Waals surface area (Å²) in [6.45, 7) is 0. The van der Waals surface area contributed by atoms with Gasteiger partial charge in [0.05, 0.1) is 31.5 Å². The maximum Gasteiger partial charge on any atom is 0.164 e. The topological polar surface area (TPSA) is 40.6 Å². The first-order valence-electron chi connectivity index (χ1n) is 8.50. The van der Waals surface area contributed by atoms with E-state index in [2.05, 4.69) is 24.3 Å². The van der Waals surface area contributed by atoms with Crippen molar-refractivity contribution in [2.24, 2.45) is 0 Å². The van der Waals surface area contributed by atoms with Gasteiger partial charge in [-0.3, -0.25) is 0 Å². The van der Waals surface area contributed by atoms with Crippen LogP contribution in [0.2, 0.25) is 0 Å². The smallest absolute Gasteiger partial charge is 0.164 e. The lowest BCUT2D eigenvalue weighted by molar-refractivity contribution is 0.348. The molecule has 0 amide bonds. The molecule has 0 atom stereocenters. The molecule has 0 fully saturated rings. The number of ether oxygens (including phenoxy) is 3. The predicted molar refractivity (Wildman–Crippen MR) is 112 cm³/mol. The Morgan fingerprint density at radius 3 is 2.33 bits per heavy atom. The molecular weight excluding hydrogens is 358 g/mol. The second-order valence-corrected chi connectivity index (χ2v) is 7.03. The van der Waals surface area contributed by atoms with Crippen LogP contribution in [0.15, 0.2) is 48.5 Å². The van der Waals surface area contributed by atoms with Crippen molar-refractivity contribution in [3.8, 4) is 17.2 Å². The normalized spacial score (nSPS) is 11.4. The van der Waals surface area contributed by atoms with Gasteiger partial charge in [0.15, 0.2) is 11.5 Å². The van der Waals surface area contributed by atoms with Crippen molar-refractivity contribution < 1.29 is 14.2 Å². The highest BCUT2D eigenvalue weighted by Gasteiger charge is 2.11. The Bertz CT molecular complexity index is 1150. The maximum atomic E-state index is 5.49. The number of benzene rings is 3. The molecule has 27 heavy (non-hydrogen) atoms. The van der Waals surface area contributed by atoms with Gasteiger partial charge in [0.25, 0.3) is 0 Å². The van der Waals surface area contributed by atoms with Gasteiger partial charge < -0.3 is 14.2 Å². The lowest BCUT2D eigenvalue weighted by Gasteiger charge is -2.11. The fourth-order valence-electron chi connectivity index (χ4n) is 3.09. The highest BCUT2D eigenvalue weighted by atomic mass is 32.1. The van der Waals surface area contributed by atoms with Gasteiger partial charge in [-0.2, -0.15) is 0 Å². The summed E-state index contributed by atoms with van der Waals surface area (Å²) >= 11 is 1.67. The molecule has 136 valence electrons. The monoisotopic (exact) mass is 377 g/mol. The number of aromatic nitrogens is 1. The molecule has 0 aliphatic rings. The zero-order chi connectivity index (χ0) is 18.8. The van der Waals surface area contributed by atoms with Crippen LogP contribution in [0.3, 0.4) is 0 Å². The van der Waals surface area contributed by atoms with E-state index in [0.29, 0.717) is 11.5 Å². The molecular formula is C22H19NO3S.